The minimum absolute atomic E-state index is 0.0197. The summed E-state index contributed by atoms with van der Waals surface area (Å²) in [6, 6.07) is 6.73. The van der Waals surface area contributed by atoms with Gasteiger partial charge in [0.15, 0.2) is 11.5 Å². The lowest BCUT2D eigenvalue weighted by Gasteiger charge is -2.37. The Morgan fingerprint density at radius 3 is 2.75 bits per heavy atom. The molecule has 0 radical (unpaired) electrons. The first-order chi connectivity index (χ1) is 13.6. The van der Waals surface area contributed by atoms with Crippen molar-refractivity contribution in [3.05, 3.63) is 65.6 Å². The van der Waals surface area contributed by atoms with Crippen molar-refractivity contribution in [3.8, 4) is 0 Å². The Morgan fingerprint density at radius 2 is 2.00 bits per heavy atom. The van der Waals surface area contributed by atoms with Crippen LogP contribution in [-0.4, -0.2) is 33.1 Å². The van der Waals surface area contributed by atoms with Crippen LogP contribution in [0.15, 0.2) is 58.7 Å². The van der Waals surface area contributed by atoms with Gasteiger partial charge in [-0.05, 0) is 49.1 Å². The number of alkyl halides is 1. The molecule has 0 bridgehead atoms. The lowest BCUT2D eigenvalue weighted by molar-refractivity contribution is -0.135. The number of halogens is 1. The predicted molar refractivity (Wildman–Crippen MR) is 100 cm³/mol. The monoisotopic (exact) mass is 398 g/mol. The molecule has 28 heavy (non-hydrogen) atoms. The van der Waals surface area contributed by atoms with Gasteiger partial charge in [0.2, 0.25) is 0 Å². The molecule has 3 aliphatic rings. The molecule has 0 spiro atoms. The van der Waals surface area contributed by atoms with Gasteiger partial charge >= 0.3 is 0 Å². The summed E-state index contributed by atoms with van der Waals surface area (Å²) in [5, 5.41) is -0.0355. The van der Waals surface area contributed by atoms with E-state index >= 15 is 0 Å². The minimum Gasteiger partial charge on any atom is -0.483 e. The summed E-state index contributed by atoms with van der Waals surface area (Å²) < 4.78 is 11.6. The molecular formula is C21H19ClN2O4. The number of carbonyl (C=O) groups excluding carboxylic acids is 2. The van der Waals surface area contributed by atoms with Gasteiger partial charge in [-0.15, -0.1) is 11.6 Å². The van der Waals surface area contributed by atoms with Crippen LogP contribution in [0.5, 0.6) is 0 Å². The van der Waals surface area contributed by atoms with E-state index in [2.05, 4.69) is 4.98 Å². The van der Waals surface area contributed by atoms with Crippen molar-refractivity contribution < 1.29 is 18.7 Å². The van der Waals surface area contributed by atoms with E-state index in [9.17, 15) is 9.59 Å². The van der Waals surface area contributed by atoms with Crippen LogP contribution < -0.4 is 0 Å². The number of hydrogen-bond acceptors (Lipinski definition) is 5. The molecule has 4 heterocycles. The van der Waals surface area contributed by atoms with Crippen LogP contribution in [0.2, 0.25) is 0 Å². The van der Waals surface area contributed by atoms with Crippen LogP contribution in [0.25, 0.3) is 0 Å². The van der Waals surface area contributed by atoms with Gasteiger partial charge in [-0.2, -0.15) is 0 Å². The van der Waals surface area contributed by atoms with Crippen LogP contribution in [0.3, 0.4) is 0 Å². The molecule has 7 heteroatoms. The van der Waals surface area contributed by atoms with Crippen molar-refractivity contribution in [1.29, 1.82) is 0 Å². The number of ketones is 1. The van der Waals surface area contributed by atoms with Gasteiger partial charge in [0.05, 0.1) is 30.3 Å². The van der Waals surface area contributed by atoms with Crippen molar-refractivity contribution in [2.24, 2.45) is 5.92 Å². The Labute approximate surface area is 167 Å². The highest BCUT2D eigenvalue weighted by atomic mass is 35.5. The van der Waals surface area contributed by atoms with Crippen molar-refractivity contribution in [3.63, 3.8) is 0 Å². The molecule has 4 atom stereocenters. The zero-order valence-corrected chi connectivity index (χ0v) is 15.8. The molecule has 4 unspecified atom stereocenters. The normalized spacial score (nSPS) is 29.5. The second-order valence-corrected chi connectivity index (χ2v) is 8.09. The van der Waals surface area contributed by atoms with Gasteiger partial charge in [0.25, 0.3) is 5.91 Å². The summed E-state index contributed by atoms with van der Waals surface area (Å²) in [5.74, 6) is 0.253. The van der Waals surface area contributed by atoms with Gasteiger partial charge in [-0.25, -0.2) is 0 Å². The third kappa shape index (κ3) is 2.75. The first-order valence-corrected chi connectivity index (χ1v) is 9.89. The number of aromatic nitrogens is 1. The molecule has 1 fully saturated rings. The third-order valence-corrected chi connectivity index (χ3v) is 6.20. The van der Waals surface area contributed by atoms with E-state index in [4.69, 9.17) is 20.8 Å². The van der Waals surface area contributed by atoms with Gasteiger partial charge in [0.1, 0.15) is 11.9 Å². The van der Waals surface area contributed by atoms with Crippen molar-refractivity contribution in [2.45, 2.75) is 43.3 Å². The Kier molecular flexibility index (Phi) is 4.23. The van der Waals surface area contributed by atoms with E-state index in [0.717, 1.165) is 12.0 Å². The van der Waals surface area contributed by atoms with Gasteiger partial charge in [-0.3, -0.25) is 14.6 Å². The summed E-state index contributed by atoms with van der Waals surface area (Å²) in [6.45, 7) is 0.260. The number of carbonyl (C=O) groups is 2. The molecule has 1 aliphatic carbocycles. The van der Waals surface area contributed by atoms with E-state index < -0.39 is 6.04 Å². The van der Waals surface area contributed by atoms with E-state index in [0.29, 0.717) is 24.2 Å². The van der Waals surface area contributed by atoms with Crippen molar-refractivity contribution in [2.75, 3.05) is 0 Å². The molecule has 2 aromatic rings. The summed E-state index contributed by atoms with van der Waals surface area (Å²) in [4.78, 5) is 32.4. The van der Waals surface area contributed by atoms with Gasteiger partial charge in [0, 0.05) is 17.8 Å². The Bertz CT molecular complexity index is 941. The number of Topliss-reactive ketones (excluding diaryl/α,β-unsaturated/α-hetero) is 1. The predicted octanol–water partition coefficient (Wildman–Crippen LogP) is 3.39. The molecule has 0 N–H and O–H groups in total. The quantitative estimate of drug-likeness (QED) is 0.741. The number of rotatable bonds is 3. The molecule has 0 aromatic carbocycles. The first kappa shape index (κ1) is 17.5. The number of pyridine rings is 1. The topological polar surface area (TPSA) is 72.6 Å². The summed E-state index contributed by atoms with van der Waals surface area (Å²) in [6.07, 6.45) is 6.68. The molecule has 2 aromatic heterocycles. The maximum atomic E-state index is 13.4. The Balaban J connectivity index is 1.58. The molecule has 2 aliphatic heterocycles. The fourth-order valence-corrected chi connectivity index (χ4v) is 4.81. The standard InChI is InChI=1S/C21H19ClN2O4/c22-13-3-4-16-15(10-13)19(25)17-18(12-5-7-23-8-6-12)24(21(26)20(17)28-16)11-14-2-1-9-27-14/h1-2,5-9,13,15-16,18H,3-4,10-11H2. The molecular weight excluding hydrogens is 380 g/mol. The van der Waals surface area contributed by atoms with Crippen LogP contribution >= 0.6 is 11.6 Å². The average molecular weight is 399 g/mol. The minimum atomic E-state index is -0.514. The zero-order valence-electron chi connectivity index (χ0n) is 15.1. The highest BCUT2D eigenvalue weighted by Gasteiger charge is 2.52. The van der Waals surface area contributed by atoms with Crippen molar-refractivity contribution >= 4 is 23.3 Å². The van der Waals surface area contributed by atoms with Crippen LogP contribution in [0.1, 0.15) is 36.6 Å². The lowest BCUT2D eigenvalue weighted by atomic mass is 9.77. The summed E-state index contributed by atoms with van der Waals surface area (Å²) in [5.41, 5.74) is 1.27. The van der Waals surface area contributed by atoms with E-state index in [1.165, 1.54) is 0 Å². The largest absolute Gasteiger partial charge is 0.483 e. The Hall–Kier alpha value is -2.60. The third-order valence-electron chi connectivity index (χ3n) is 5.81. The molecule has 5 rings (SSSR count). The first-order valence-electron chi connectivity index (χ1n) is 9.46. The number of fused-ring (bicyclic) bond motifs is 1. The highest BCUT2D eigenvalue weighted by Crippen LogP contribution is 2.47. The summed E-state index contributed by atoms with van der Waals surface area (Å²) in [7, 11) is 0. The van der Waals surface area contributed by atoms with Crippen molar-refractivity contribution in [1.82, 2.24) is 9.88 Å². The zero-order chi connectivity index (χ0) is 19.3. The second kappa shape index (κ2) is 6.78. The molecule has 0 saturated heterocycles. The molecule has 1 amide bonds. The fraction of sp³-hybridized carbons (Fsp3) is 0.381. The Morgan fingerprint density at radius 1 is 1.18 bits per heavy atom. The maximum Gasteiger partial charge on any atom is 0.290 e. The van der Waals surface area contributed by atoms with E-state index in [-0.39, 0.29) is 41.4 Å². The van der Waals surface area contributed by atoms with Crippen LogP contribution in [-0.2, 0) is 20.9 Å². The fourth-order valence-electron chi connectivity index (χ4n) is 4.49. The SMILES string of the molecule is O=C1C2=C(OC3CCC(Cl)CC13)C(=O)N(Cc1ccco1)C2c1ccncc1. The highest BCUT2D eigenvalue weighted by molar-refractivity contribution is 6.21. The molecule has 6 nitrogen and oxygen atoms in total. The maximum absolute atomic E-state index is 13.4. The number of amides is 1. The molecule has 1 saturated carbocycles. The summed E-state index contributed by atoms with van der Waals surface area (Å²) >= 11 is 6.33. The number of furan rings is 1. The number of ether oxygens (including phenoxy) is 1. The van der Waals surface area contributed by atoms with E-state index in [1.54, 1.807) is 29.6 Å². The van der Waals surface area contributed by atoms with Crippen LogP contribution in [0, 0.1) is 5.92 Å². The molecule has 144 valence electrons. The number of hydrogen-bond donors (Lipinski definition) is 0. The van der Waals surface area contributed by atoms with Crippen LogP contribution in [0.4, 0.5) is 0 Å². The van der Waals surface area contributed by atoms with Gasteiger partial charge in [-0.1, -0.05) is 0 Å². The average Bonchev–Trinajstić information content (AvgIpc) is 3.31. The smallest absolute Gasteiger partial charge is 0.290 e. The van der Waals surface area contributed by atoms with Gasteiger partial charge < -0.3 is 14.1 Å². The van der Waals surface area contributed by atoms with E-state index in [1.807, 2.05) is 18.2 Å². The number of nitrogens with zero attached hydrogens (tertiary/aromatic N) is 2. The lowest BCUT2D eigenvalue weighted by Crippen LogP contribution is -2.41. The second-order valence-electron chi connectivity index (χ2n) is 7.48.